The van der Waals surface area contributed by atoms with E-state index in [-0.39, 0.29) is 16.9 Å². The van der Waals surface area contributed by atoms with Crippen LogP contribution in [0.3, 0.4) is 0 Å². The number of carboxylic acids is 1. The predicted octanol–water partition coefficient (Wildman–Crippen LogP) is 3.37. The fourth-order valence-electron chi connectivity index (χ4n) is 3.11. The standard InChI is InChI=1S/C20H21NO3/c1-21(14-16-7-9-17(10-8-16)18(22)23)19(24)20(11-12-20)13-15-5-3-2-4-6-15/h2-10H,11-14H2,1H3,(H,22,23). The number of nitrogens with zero attached hydrogens (tertiary/aromatic N) is 1. The van der Waals surface area contributed by atoms with Crippen LogP contribution in [0, 0.1) is 5.41 Å². The van der Waals surface area contributed by atoms with Crippen LogP contribution in [0.15, 0.2) is 54.6 Å². The van der Waals surface area contributed by atoms with Gasteiger partial charge in [-0.3, -0.25) is 4.79 Å². The van der Waals surface area contributed by atoms with Gasteiger partial charge in [-0.05, 0) is 42.5 Å². The van der Waals surface area contributed by atoms with Crippen molar-refractivity contribution in [1.29, 1.82) is 0 Å². The summed E-state index contributed by atoms with van der Waals surface area (Å²) in [5.74, 6) is -0.764. The number of rotatable bonds is 6. The zero-order chi connectivity index (χ0) is 17.2. The van der Waals surface area contributed by atoms with Crippen LogP contribution >= 0.6 is 0 Å². The molecule has 124 valence electrons. The summed E-state index contributed by atoms with van der Waals surface area (Å²) < 4.78 is 0. The van der Waals surface area contributed by atoms with Crippen LogP contribution in [0.1, 0.15) is 34.3 Å². The third-order valence-electron chi connectivity index (χ3n) is 4.66. The van der Waals surface area contributed by atoms with Gasteiger partial charge in [-0.1, -0.05) is 42.5 Å². The largest absolute Gasteiger partial charge is 0.478 e. The molecule has 4 heteroatoms. The SMILES string of the molecule is CN(Cc1ccc(C(=O)O)cc1)C(=O)C1(Cc2ccccc2)CC1. The molecule has 1 N–H and O–H groups in total. The molecule has 3 rings (SSSR count). The fraction of sp³-hybridized carbons (Fsp3) is 0.300. The molecule has 0 saturated heterocycles. The average Bonchev–Trinajstić information content (AvgIpc) is 3.36. The highest BCUT2D eigenvalue weighted by Crippen LogP contribution is 2.49. The van der Waals surface area contributed by atoms with Crippen molar-refractivity contribution in [2.24, 2.45) is 5.41 Å². The van der Waals surface area contributed by atoms with Gasteiger partial charge in [0, 0.05) is 13.6 Å². The molecule has 1 aliphatic rings. The fourth-order valence-corrected chi connectivity index (χ4v) is 3.11. The maximum Gasteiger partial charge on any atom is 0.335 e. The molecule has 1 aliphatic carbocycles. The second-order valence-corrected chi connectivity index (χ2v) is 6.61. The molecule has 0 unspecified atom stereocenters. The lowest BCUT2D eigenvalue weighted by atomic mass is 9.95. The van der Waals surface area contributed by atoms with Crippen molar-refractivity contribution in [3.05, 3.63) is 71.3 Å². The Balaban J connectivity index is 1.65. The van der Waals surface area contributed by atoms with Crippen molar-refractivity contribution in [2.75, 3.05) is 7.05 Å². The minimum absolute atomic E-state index is 0.175. The van der Waals surface area contributed by atoms with Crippen LogP contribution in [-0.4, -0.2) is 28.9 Å². The monoisotopic (exact) mass is 323 g/mol. The number of amides is 1. The van der Waals surface area contributed by atoms with Gasteiger partial charge in [0.05, 0.1) is 11.0 Å². The van der Waals surface area contributed by atoms with Gasteiger partial charge >= 0.3 is 5.97 Å². The first-order chi connectivity index (χ1) is 11.5. The van der Waals surface area contributed by atoms with Gasteiger partial charge < -0.3 is 10.0 Å². The van der Waals surface area contributed by atoms with Gasteiger partial charge in [-0.15, -0.1) is 0 Å². The van der Waals surface area contributed by atoms with Crippen molar-refractivity contribution >= 4 is 11.9 Å². The molecule has 2 aromatic rings. The van der Waals surface area contributed by atoms with Crippen LogP contribution in [0.25, 0.3) is 0 Å². The maximum absolute atomic E-state index is 12.8. The van der Waals surface area contributed by atoms with E-state index in [2.05, 4.69) is 12.1 Å². The number of benzene rings is 2. The third-order valence-corrected chi connectivity index (χ3v) is 4.66. The Kier molecular flexibility index (Phi) is 4.38. The highest BCUT2D eigenvalue weighted by atomic mass is 16.4. The van der Waals surface area contributed by atoms with Gasteiger partial charge in [0.15, 0.2) is 0 Å². The summed E-state index contributed by atoms with van der Waals surface area (Å²) in [5.41, 5.74) is 2.14. The van der Waals surface area contributed by atoms with Gasteiger partial charge in [0.2, 0.25) is 5.91 Å². The zero-order valence-corrected chi connectivity index (χ0v) is 13.7. The van der Waals surface area contributed by atoms with E-state index < -0.39 is 5.97 Å². The average molecular weight is 323 g/mol. The van der Waals surface area contributed by atoms with E-state index in [0.717, 1.165) is 24.8 Å². The number of hydrogen-bond donors (Lipinski definition) is 1. The molecule has 4 nitrogen and oxygen atoms in total. The maximum atomic E-state index is 12.8. The molecule has 2 aromatic carbocycles. The van der Waals surface area contributed by atoms with Crippen LogP contribution in [0.2, 0.25) is 0 Å². The second kappa shape index (κ2) is 6.48. The van der Waals surface area contributed by atoms with Crippen molar-refractivity contribution in [3.8, 4) is 0 Å². The zero-order valence-electron chi connectivity index (χ0n) is 13.7. The van der Waals surface area contributed by atoms with Crippen LogP contribution < -0.4 is 0 Å². The van der Waals surface area contributed by atoms with Crippen LogP contribution in [0.5, 0.6) is 0 Å². The molecule has 0 heterocycles. The number of carboxylic acid groups (broad SMARTS) is 1. The van der Waals surface area contributed by atoms with Gasteiger partial charge in [0.25, 0.3) is 0 Å². The first-order valence-electron chi connectivity index (χ1n) is 8.12. The van der Waals surface area contributed by atoms with E-state index >= 15 is 0 Å². The van der Waals surface area contributed by atoms with E-state index in [1.165, 1.54) is 5.56 Å². The smallest absolute Gasteiger partial charge is 0.335 e. The highest BCUT2D eigenvalue weighted by molar-refractivity contribution is 5.87. The second-order valence-electron chi connectivity index (χ2n) is 6.61. The molecule has 0 bridgehead atoms. The quantitative estimate of drug-likeness (QED) is 0.887. The lowest BCUT2D eigenvalue weighted by molar-refractivity contribution is -0.136. The van der Waals surface area contributed by atoms with E-state index in [1.807, 2.05) is 25.2 Å². The summed E-state index contributed by atoms with van der Waals surface area (Å²) in [4.78, 5) is 25.5. The lowest BCUT2D eigenvalue weighted by Gasteiger charge is -2.24. The summed E-state index contributed by atoms with van der Waals surface area (Å²) in [7, 11) is 1.82. The summed E-state index contributed by atoms with van der Waals surface area (Å²) in [6.45, 7) is 0.495. The Morgan fingerprint density at radius 3 is 2.17 bits per heavy atom. The Morgan fingerprint density at radius 2 is 1.62 bits per heavy atom. The minimum atomic E-state index is -0.939. The summed E-state index contributed by atoms with van der Waals surface area (Å²) >= 11 is 0. The summed E-state index contributed by atoms with van der Waals surface area (Å²) in [6, 6.07) is 16.8. The van der Waals surface area contributed by atoms with E-state index in [0.29, 0.717) is 6.54 Å². The normalized spacial score (nSPS) is 14.9. The number of carbonyl (C=O) groups is 2. The lowest BCUT2D eigenvalue weighted by Crippen LogP contribution is -2.34. The highest BCUT2D eigenvalue weighted by Gasteiger charge is 2.50. The summed E-state index contributed by atoms with van der Waals surface area (Å²) in [6.07, 6.45) is 2.65. The van der Waals surface area contributed by atoms with E-state index in [9.17, 15) is 9.59 Å². The Hall–Kier alpha value is -2.62. The Morgan fingerprint density at radius 1 is 1.00 bits per heavy atom. The number of aromatic carboxylic acids is 1. The molecule has 1 saturated carbocycles. The van der Waals surface area contributed by atoms with Crippen molar-refractivity contribution in [2.45, 2.75) is 25.8 Å². The van der Waals surface area contributed by atoms with Crippen molar-refractivity contribution in [3.63, 3.8) is 0 Å². The van der Waals surface area contributed by atoms with Crippen LogP contribution in [-0.2, 0) is 17.8 Å². The molecule has 1 amide bonds. The van der Waals surface area contributed by atoms with E-state index in [4.69, 9.17) is 5.11 Å². The van der Waals surface area contributed by atoms with Gasteiger partial charge in [-0.25, -0.2) is 4.79 Å². The molecular formula is C20H21NO3. The Bertz CT molecular complexity index is 733. The van der Waals surface area contributed by atoms with Crippen molar-refractivity contribution < 1.29 is 14.7 Å². The molecule has 24 heavy (non-hydrogen) atoms. The molecule has 0 spiro atoms. The molecule has 0 aliphatic heterocycles. The van der Waals surface area contributed by atoms with Gasteiger partial charge in [0.1, 0.15) is 0 Å². The molecule has 0 aromatic heterocycles. The molecule has 0 radical (unpaired) electrons. The van der Waals surface area contributed by atoms with Gasteiger partial charge in [-0.2, -0.15) is 0 Å². The summed E-state index contributed by atoms with van der Waals surface area (Å²) in [5, 5.41) is 8.94. The topological polar surface area (TPSA) is 57.6 Å². The van der Waals surface area contributed by atoms with Crippen LogP contribution in [0.4, 0.5) is 0 Å². The minimum Gasteiger partial charge on any atom is -0.478 e. The van der Waals surface area contributed by atoms with Crippen molar-refractivity contribution in [1.82, 2.24) is 4.90 Å². The Labute approximate surface area is 141 Å². The van der Waals surface area contributed by atoms with E-state index in [1.54, 1.807) is 29.2 Å². The first-order valence-corrected chi connectivity index (χ1v) is 8.12. The number of carbonyl (C=O) groups excluding carboxylic acids is 1. The predicted molar refractivity (Wildman–Crippen MR) is 91.7 cm³/mol. The third kappa shape index (κ3) is 3.48. The molecule has 1 fully saturated rings. The molecular weight excluding hydrogens is 302 g/mol. The first kappa shape index (κ1) is 16.2. The molecule has 0 atom stereocenters. The number of hydrogen-bond acceptors (Lipinski definition) is 2.